The number of carbonyl (C=O) groups excluding carboxylic acids is 3. The molecule has 4 aromatic heterocycles. The van der Waals surface area contributed by atoms with Crippen molar-refractivity contribution in [3.8, 4) is 22.5 Å². The summed E-state index contributed by atoms with van der Waals surface area (Å²) in [5.41, 5.74) is 5.55. The van der Waals surface area contributed by atoms with Gasteiger partial charge in [0.15, 0.2) is 11.4 Å². The fraction of sp³-hybridized carbons (Fsp3) is 0.220. The van der Waals surface area contributed by atoms with Gasteiger partial charge in [-0.15, -0.1) is 0 Å². The first-order valence-corrected chi connectivity index (χ1v) is 25.9. The number of ether oxygens (including phenoxy) is 2. The Morgan fingerprint density at radius 2 is 0.963 bits per heavy atom. The van der Waals surface area contributed by atoms with Crippen LogP contribution < -0.4 is 27.1 Å². The zero-order chi connectivity index (χ0) is 57.4. The second kappa shape index (κ2) is 26.7. The van der Waals surface area contributed by atoms with Crippen molar-refractivity contribution < 1.29 is 39.5 Å². The minimum absolute atomic E-state index is 0.0498. The number of hydrogen-bond donors (Lipinski definition) is 6. The zero-order valence-corrected chi connectivity index (χ0v) is 43.8. The number of carboxylic acid groups (broad SMARTS) is 1. The lowest BCUT2D eigenvalue weighted by Crippen LogP contribution is -2.41. The Balaban J connectivity index is 0.000000173. The van der Waals surface area contributed by atoms with Crippen molar-refractivity contribution in [3.63, 3.8) is 0 Å². The first-order chi connectivity index (χ1) is 40.0. The van der Waals surface area contributed by atoms with Crippen molar-refractivity contribution >= 4 is 78.4 Å². The number of aromatic nitrogens is 8. The lowest BCUT2D eigenvalue weighted by Gasteiger charge is -2.26. The molecule has 2 aliphatic heterocycles. The van der Waals surface area contributed by atoms with Crippen molar-refractivity contribution in [2.75, 3.05) is 70.4 Å². The molecule has 12 rings (SSSR count). The predicted molar refractivity (Wildman–Crippen MR) is 306 cm³/mol. The highest BCUT2D eigenvalue weighted by molar-refractivity contribution is 6.12. The Bertz CT molecular complexity index is 3980. The van der Waals surface area contributed by atoms with Crippen LogP contribution in [0.2, 0.25) is 0 Å². The fourth-order valence-corrected chi connectivity index (χ4v) is 9.29. The van der Waals surface area contributed by atoms with Gasteiger partial charge in [-0.1, -0.05) is 97.1 Å². The summed E-state index contributed by atoms with van der Waals surface area (Å²) < 4.78 is 29.1. The van der Waals surface area contributed by atoms with Gasteiger partial charge in [0.2, 0.25) is 5.91 Å². The van der Waals surface area contributed by atoms with Crippen molar-refractivity contribution in [1.29, 1.82) is 0 Å². The fourth-order valence-electron chi connectivity index (χ4n) is 9.29. The number of aromatic amines is 2. The molecule has 0 unspecified atom stereocenters. The van der Waals surface area contributed by atoms with Gasteiger partial charge in [-0.3, -0.25) is 42.5 Å². The van der Waals surface area contributed by atoms with Gasteiger partial charge in [-0.05, 0) is 48.5 Å². The number of alkyl halides is 1. The van der Waals surface area contributed by atoms with Crippen LogP contribution in [-0.2, 0) is 32.2 Å². The molecule has 21 nitrogen and oxygen atoms in total. The zero-order valence-electron chi connectivity index (χ0n) is 44.8. The summed E-state index contributed by atoms with van der Waals surface area (Å²) in [5.74, 6) is -1.63. The quantitative estimate of drug-likeness (QED) is 0.0701. The number of aryl methyl sites for hydroxylation is 2. The van der Waals surface area contributed by atoms with Crippen LogP contribution in [0, 0.1) is 0 Å². The van der Waals surface area contributed by atoms with E-state index in [9.17, 15) is 33.2 Å². The number of halogens is 1. The number of nitrogens with zero attached hydrogens (tertiary/aromatic N) is 7. The average molecular weight is 1100 g/mol. The minimum atomic E-state index is -1.00. The average Bonchev–Trinajstić information content (AvgIpc) is 4.28. The molecule has 0 bridgehead atoms. The number of carbonyl (C=O) groups is 4. The highest BCUT2D eigenvalue weighted by atomic mass is 19.1. The summed E-state index contributed by atoms with van der Waals surface area (Å²) in [4.78, 5) is 75.8. The van der Waals surface area contributed by atoms with E-state index >= 15 is 0 Å². The Morgan fingerprint density at radius 1 is 0.568 bits per heavy atom. The molecule has 0 radical (unpaired) electrons. The number of hydrogen-bond acceptors (Lipinski definition) is 13. The van der Waals surface area contributed by atoms with E-state index in [1.807, 2.05) is 84.9 Å². The summed E-state index contributed by atoms with van der Waals surface area (Å²) in [6, 6.07) is 43.6. The maximum atomic E-state index is 13.3. The smallest absolute Gasteiger partial charge is 0.305 e. The monoisotopic (exact) mass is 1100 g/mol. The van der Waals surface area contributed by atoms with Gasteiger partial charge in [0.1, 0.15) is 0 Å². The standard InChI is InChI=1S/C29H26N6O4.C25H19N5O4.C4H9NO.CH3F/c36-25(34-15-17-39-18-16-34)13-14-35-24-8-4-3-7-23(24)27(33-35)29(38)30-20-11-9-19(10-12-20)26-21-5-1-2-6-22(21)28(37)32-31-26;31-21(32)13-14-30-20-8-4-3-7-19(20)23(29-30)25(34)26-16-11-9-15(10-12-16)22-17-5-1-2-6-18(17)24(33)28-27-22;1-3-6-4-2-5-1;1-2/h1-12H,13-18H2,(H,30,38)(H,32,37);1-12H,13-14H2,(H,26,34)(H,28,33)(H,31,32);5H,1-4H2;1H3/i;;;1D. The van der Waals surface area contributed by atoms with Crippen molar-refractivity contribution in [1.82, 2.24) is 50.2 Å². The molecule has 6 N–H and O–H groups in total. The molecule has 0 spiro atoms. The maximum Gasteiger partial charge on any atom is 0.305 e. The van der Waals surface area contributed by atoms with E-state index in [0.717, 1.165) is 53.7 Å². The molecule has 0 aliphatic carbocycles. The number of amides is 3. The highest BCUT2D eigenvalue weighted by Crippen LogP contribution is 2.28. The summed E-state index contributed by atoms with van der Waals surface area (Å²) in [7, 11) is -1.00. The first-order valence-electron chi connectivity index (χ1n) is 26.6. The van der Waals surface area contributed by atoms with E-state index in [4.69, 9.17) is 16.0 Å². The number of H-pyrrole nitrogens is 2. The molecule has 10 aromatic rings. The summed E-state index contributed by atoms with van der Waals surface area (Å²) in [6.07, 6.45) is 0.198. The number of rotatable bonds is 12. The van der Waals surface area contributed by atoms with Crippen LogP contribution in [0.1, 0.15) is 35.2 Å². The third-order valence-electron chi connectivity index (χ3n) is 13.3. The molecule has 2 aliphatic rings. The molecule has 81 heavy (non-hydrogen) atoms. The van der Waals surface area contributed by atoms with E-state index in [2.05, 4.69) is 46.5 Å². The summed E-state index contributed by atoms with van der Waals surface area (Å²) in [5, 5.41) is 44.3. The number of fused-ring (bicyclic) bond motifs is 4. The van der Waals surface area contributed by atoms with Crippen LogP contribution in [0.15, 0.2) is 155 Å². The molecular weight excluding hydrogens is 1040 g/mol. The van der Waals surface area contributed by atoms with Gasteiger partial charge >= 0.3 is 5.97 Å². The van der Waals surface area contributed by atoms with Crippen molar-refractivity contribution in [2.24, 2.45) is 0 Å². The van der Waals surface area contributed by atoms with Crippen LogP contribution >= 0.6 is 0 Å². The number of anilines is 2. The third-order valence-corrected chi connectivity index (χ3v) is 13.3. The van der Waals surface area contributed by atoms with E-state index in [1.54, 1.807) is 70.2 Å². The second-order valence-electron chi connectivity index (χ2n) is 18.4. The van der Waals surface area contributed by atoms with Crippen molar-refractivity contribution in [2.45, 2.75) is 25.9 Å². The van der Waals surface area contributed by atoms with E-state index < -0.39 is 19.0 Å². The van der Waals surface area contributed by atoms with Gasteiger partial charge in [0.25, 0.3) is 22.9 Å². The number of benzene rings is 6. The first kappa shape index (κ1) is 54.6. The Kier molecular flexibility index (Phi) is 18.0. The number of para-hydroxylation sites is 2. The van der Waals surface area contributed by atoms with Gasteiger partial charge in [0, 0.05) is 76.6 Å². The Morgan fingerprint density at radius 3 is 1.37 bits per heavy atom. The number of morpholine rings is 2. The molecule has 6 aromatic carbocycles. The highest BCUT2D eigenvalue weighted by Gasteiger charge is 2.22. The molecule has 0 saturated carbocycles. The summed E-state index contributed by atoms with van der Waals surface area (Å²) in [6.45, 7) is 6.68. The largest absolute Gasteiger partial charge is 0.481 e. The predicted octanol–water partition coefficient (Wildman–Crippen LogP) is 7.30. The number of carboxylic acids is 1. The lowest BCUT2D eigenvalue weighted by molar-refractivity contribution is -0.137. The molecule has 0 atom stereocenters. The van der Waals surface area contributed by atoms with Gasteiger partial charge < -0.3 is 35.4 Å². The number of aliphatic carboxylic acids is 1. The lowest BCUT2D eigenvalue weighted by atomic mass is 10.0. The molecule has 6 heterocycles. The molecular formula is C59H57FN12O9. The minimum Gasteiger partial charge on any atom is -0.481 e. The topological polar surface area (TPSA) is 273 Å². The number of nitrogens with one attached hydrogen (secondary N) is 5. The molecule has 2 saturated heterocycles. The Labute approximate surface area is 463 Å². The molecule has 2 fully saturated rings. The van der Waals surface area contributed by atoms with Crippen LogP contribution in [0.25, 0.3) is 65.9 Å². The van der Waals surface area contributed by atoms with Crippen LogP contribution in [0.5, 0.6) is 0 Å². The van der Waals surface area contributed by atoms with Gasteiger partial charge in [-0.2, -0.15) is 20.4 Å². The molecule has 3 amide bonds. The SMILES string of the molecule is C1COCCN1.O=C(Nc1ccc(-c2n[nH]c(=O)c3ccccc23)cc1)c1nn(CCC(=O)N2CCOCC2)c2ccccc12.O=C(O)CCn1nc(C(=O)Nc2ccc(-c3n[nH]c(=O)c4ccccc34)cc2)c2ccccc21.[2H]CF. The van der Waals surface area contributed by atoms with Crippen LogP contribution in [-0.4, -0.2) is 133 Å². The van der Waals surface area contributed by atoms with Crippen molar-refractivity contribution in [3.05, 3.63) is 178 Å². The van der Waals surface area contributed by atoms with E-state index in [0.29, 0.717) is 94.8 Å². The molecule has 414 valence electrons. The van der Waals surface area contributed by atoms with Crippen LogP contribution in [0.4, 0.5) is 15.8 Å². The van der Waals surface area contributed by atoms with E-state index in [1.165, 1.54) is 4.68 Å². The van der Waals surface area contributed by atoms with E-state index in [-0.39, 0.29) is 41.6 Å². The maximum absolute atomic E-state index is 13.3. The van der Waals surface area contributed by atoms with Crippen LogP contribution in [0.3, 0.4) is 0 Å². The second-order valence-corrected chi connectivity index (χ2v) is 18.4. The van der Waals surface area contributed by atoms with Gasteiger partial charge in [0.05, 0.1) is 87.7 Å². The summed E-state index contributed by atoms with van der Waals surface area (Å²) >= 11 is 0. The normalized spacial score (nSPS) is 13.2. The third kappa shape index (κ3) is 13.4. The Hall–Kier alpha value is -9.77. The van der Waals surface area contributed by atoms with Gasteiger partial charge in [-0.25, -0.2) is 10.2 Å². The molecule has 22 heteroatoms.